The Kier molecular flexibility index (Phi) is 2.54. The Balaban J connectivity index is 2.22. The predicted molar refractivity (Wildman–Crippen MR) is 53.1 cm³/mol. The normalized spacial score (nSPS) is 17.1. The second kappa shape index (κ2) is 3.84. The van der Waals surface area contributed by atoms with Crippen molar-refractivity contribution in [3.05, 3.63) is 24.0 Å². The molecular formula is C10H13FN2O. The van der Waals surface area contributed by atoms with Crippen molar-refractivity contribution in [3.8, 4) is 5.75 Å². The van der Waals surface area contributed by atoms with Crippen molar-refractivity contribution in [2.24, 2.45) is 0 Å². The molecule has 1 aromatic rings. The number of phenols is 1. The van der Waals surface area contributed by atoms with Crippen molar-refractivity contribution in [1.29, 1.82) is 0 Å². The second-order valence-electron chi connectivity index (χ2n) is 3.37. The number of halogens is 1. The van der Waals surface area contributed by atoms with Crippen molar-refractivity contribution in [3.63, 3.8) is 0 Å². The van der Waals surface area contributed by atoms with Gasteiger partial charge in [-0.15, -0.1) is 0 Å². The van der Waals surface area contributed by atoms with Gasteiger partial charge in [-0.05, 0) is 12.1 Å². The maximum absolute atomic E-state index is 12.7. The molecular weight excluding hydrogens is 183 g/mol. The van der Waals surface area contributed by atoms with Gasteiger partial charge in [-0.2, -0.15) is 0 Å². The van der Waals surface area contributed by atoms with E-state index in [0.717, 1.165) is 32.2 Å². The lowest BCUT2D eigenvalue weighted by atomic mass is 10.2. The molecule has 1 aliphatic rings. The molecule has 0 spiro atoms. The smallest absolute Gasteiger partial charge is 0.141 e. The number of benzene rings is 1. The molecule has 2 rings (SSSR count). The number of hydrogen-bond donors (Lipinski definition) is 2. The van der Waals surface area contributed by atoms with Crippen molar-refractivity contribution in [2.75, 3.05) is 31.1 Å². The number of phenolic OH excluding ortho intramolecular Hbond substituents is 1. The van der Waals surface area contributed by atoms with Crippen LogP contribution in [0.3, 0.4) is 0 Å². The van der Waals surface area contributed by atoms with E-state index in [1.165, 1.54) is 6.07 Å². The summed E-state index contributed by atoms with van der Waals surface area (Å²) in [7, 11) is 0. The third-order valence-corrected chi connectivity index (χ3v) is 2.40. The molecule has 1 aliphatic heterocycles. The molecule has 1 fully saturated rings. The van der Waals surface area contributed by atoms with Crippen LogP contribution in [-0.2, 0) is 0 Å². The van der Waals surface area contributed by atoms with E-state index in [1.807, 2.05) is 4.90 Å². The van der Waals surface area contributed by atoms with E-state index in [9.17, 15) is 9.50 Å². The van der Waals surface area contributed by atoms with Crippen LogP contribution in [0.1, 0.15) is 0 Å². The lowest BCUT2D eigenvalue weighted by Crippen LogP contribution is -2.43. The summed E-state index contributed by atoms with van der Waals surface area (Å²) in [4.78, 5) is 2.05. The average Bonchev–Trinajstić information content (AvgIpc) is 2.19. The van der Waals surface area contributed by atoms with Gasteiger partial charge < -0.3 is 15.3 Å². The summed E-state index contributed by atoms with van der Waals surface area (Å²) in [6.07, 6.45) is 0. The van der Waals surface area contributed by atoms with Crippen molar-refractivity contribution in [1.82, 2.24) is 5.32 Å². The highest BCUT2D eigenvalue weighted by atomic mass is 19.1. The Hall–Kier alpha value is -1.29. The van der Waals surface area contributed by atoms with Gasteiger partial charge in [0, 0.05) is 32.2 Å². The van der Waals surface area contributed by atoms with Crippen LogP contribution in [0.25, 0.3) is 0 Å². The topological polar surface area (TPSA) is 35.5 Å². The number of nitrogens with zero attached hydrogens (tertiary/aromatic N) is 1. The third-order valence-electron chi connectivity index (χ3n) is 2.40. The summed E-state index contributed by atoms with van der Waals surface area (Å²) in [5, 5.41) is 12.8. The molecule has 76 valence electrons. The van der Waals surface area contributed by atoms with Crippen LogP contribution < -0.4 is 10.2 Å². The lowest BCUT2D eigenvalue weighted by molar-refractivity contribution is 0.464. The molecule has 1 heterocycles. The average molecular weight is 196 g/mol. The maximum Gasteiger partial charge on any atom is 0.141 e. The first kappa shape index (κ1) is 9.27. The molecule has 0 unspecified atom stereocenters. The van der Waals surface area contributed by atoms with Crippen molar-refractivity contribution in [2.45, 2.75) is 0 Å². The Morgan fingerprint density at radius 3 is 2.64 bits per heavy atom. The standard InChI is InChI=1S/C10H13FN2O/c11-8-1-2-9(10(14)7-8)13-5-3-12-4-6-13/h1-2,7,12,14H,3-6H2. The molecule has 3 nitrogen and oxygen atoms in total. The van der Waals surface area contributed by atoms with Gasteiger partial charge in [-0.3, -0.25) is 0 Å². The van der Waals surface area contributed by atoms with Gasteiger partial charge in [0.15, 0.2) is 0 Å². The quantitative estimate of drug-likeness (QED) is 0.701. The largest absolute Gasteiger partial charge is 0.506 e. The van der Waals surface area contributed by atoms with Crippen LogP contribution in [0.5, 0.6) is 5.75 Å². The molecule has 1 saturated heterocycles. The van der Waals surface area contributed by atoms with E-state index < -0.39 is 5.82 Å². The maximum atomic E-state index is 12.7. The second-order valence-corrected chi connectivity index (χ2v) is 3.37. The van der Waals surface area contributed by atoms with Crippen molar-refractivity contribution >= 4 is 5.69 Å². The summed E-state index contributed by atoms with van der Waals surface area (Å²) in [6, 6.07) is 4.14. The first-order chi connectivity index (χ1) is 6.77. The Morgan fingerprint density at radius 2 is 2.00 bits per heavy atom. The van der Waals surface area contributed by atoms with Gasteiger partial charge in [0.2, 0.25) is 0 Å². The highest BCUT2D eigenvalue weighted by molar-refractivity contribution is 5.58. The Labute approximate surface area is 82.2 Å². The van der Waals surface area contributed by atoms with E-state index in [4.69, 9.17) is 0 Å². The Bertz CT molecular complexity index is 324. The summed E-state index contributed by atoms with van der Waals surface area (Å²) >= 11 is 0. The summed E-state index contributed by atoms with van der Waals surface area (Å²) < 4.78 is 12.7. The molecule has 4 heteroatoms. The van der Waals surface area contributed by atoms with Crippen LogP contribution in [0.2, 0.25) is 0 Å². The number of aromatic hydroxyl groups is 1. The zero-order chi connectivity index (χ0) is 9.97. The van der Waals surface area contributed by atoms with Gasteiger partial charge in [0.25, 0.3) is 0 Å². The summed E-state index contributed by atoms with van der Waals surface area (Å²) in [5.41, 5.74) is 0.716. The molecule has 0 saturated carbocycles. The fourth-order valence-corrected chi connectivity index (χ4v) is 1.67. The van der Waals surface area contributed by atoms with E-state index in [1.54, 1.807) is 6.07 Å². The molecule has 0 aromatic heterocycles. The predicted octanol–water partition coefficient (Wildman–Crippen LogP) is 0.941. The van der Waals surface area contributed by atoms with Gasteiger partial charge in [-0.25, -0.2) is 4.39 Å². The number of piperazine rings is 1. The van der Waals surface area contributed by atoms with Crippen LogP contribution in [0.4, 0.5) is 10.1 Å². The number of nitrogens with one attached hydrogen (secondary N) is 1. The van der Waals surface area contributed by atoms with Crippen LogP contribution in [0, 0.1) is 5.82 Å². The molecule has 0 bridgehead atoms. The fourth-order valence-electron chi connectivity index (χ4n) is 1.67. The molecule has 0 aliphatic carbocycles. The van der Waals surface area contributed by atoms with E-state index in [0.29, 0.717) is 5.69 Å². The number of anilines is 1. The SMILES string of the molecule is Oc1cc(F)ccc1N1CCNCC1. The number of rotatable bonds is 1. The minimum absolute atomic E-state index is 0.0203. The fraction of sp³-hybridized carbons (Fsp3) is 0.400. The Morgan fingerprint density at radius 1 is 1.29 bits per heavy atom. The van der Waals surface area contributed by atoms with E-state index in [-0.39, 0.29) is 5.75 Å². The zero-order valence-corrected chi connectivity index (χ0v) is 7.83. The minimum atomic E-state index is -0.401. The molecule has 14 heavy (non-hydrogen) atoms. The van der Waals surface area contributed by atoms with Gasteiger partial charge in [0.1, 0.15) is 11.6 Å². The summed E-state index contributed by atoms with van der Waals surface area (Å²) in [6.45, 7) is 3.49. The van der Waals surface area contributed by atoms with Gasteiger partial charge in [0.05, 0.1) is 5.69 Å². The van der Waals surface area contributed by atoms with E-state index in [2.05, 4.69) is 5.32 Å². The molecule has 0 amide bonds. The molecule has 2 N–H and O–H groups in total. The first-order valence-corrected chi connectivity index (χ1v) is 4.71. The van der Waals surface area contributed by atoms with E-state index >= 15 is 0 Å². The highest BCUT2D eigenvalue weighted by Gasteiger charge is 2.13. The number of hydrogen-bond acceptors (Lipinski definition) is 3. The molecule has 1 aromatic carbocycles. The first-order valence-electron chi connectivity index (χ1n) is 4.71. The molecule has 0 atom stereocenters. The van der Waals surface area contributed by atoms with Gasteiger partial charge in [-0.1, -0.05) is 0 Å². The van der Waals surface area contributed by atoms with Crippen LogP contribution >= 0.6 is 0 Å². The van der Waals surface area contributed by atoms with Crippen molar-refractivity contribution < 1.29 is 9.50 Å². The third kappa shape index (κ3) is 1.80. The molecule has 0 radical (unpaired) electrons. The zero-order valence-electron chi connectivity index (χ0n) is 7.83. The highest BCUT2D eigenvalue weighted by Crippen LogP contribution is 2.27. The minimum Gasteiger partial charge on any atom is -0.506 e. The monoisotopic (exact) mass is 196 g/mol. The van der Waals surface area contributed by atoms with Gasteiger partial charge >= 0.3 is 0 Å². The lowest BCUT2D eigenvalue weighted by Gasteiger charge is -2.29. The summed E-state index contributed by atoms with van der Waals surface area (Å²) in [5.74, 6) is -0.381. The van der Waals surface area contributed by atoms with Crippen LogP contribution in [0.15, 0.2) is 18.2 Å². The van der Waals surface area contributed by atoms with Crippen LogP contribution in [-0.4, -0.2) is 31.3 Å².